The fourth-order valence-corrected chi connectivity index (χ4v) is 3.50. The van der Waals surface area contributed by atoms with Crippen LogP contribution in [-0.4, -0.2) is 48.4 Å². The van der Waals surface area contributed by atoms with E-state index in [-0.39, 0.29) is 11.8 Å². The van der Waals surface area contributed by atoms with Crippen molar-refractivity contribution in [1.82, 2.24) is 15.2 Å². The smallest absolute Gasteiger partial charge is 0.255 e. The number of piperidine rings is 1. The summed E-state index contributed by atoms with van der Waals surface area (Å²) in [7, 11) is 1.96. The largest absolute Gasteiger partial charge is 0.339 e. The van der Waals surface area contributed by atoms with Gasteiger partial charge < -0.3 is 15.5 Å². The van der Waals surface area contributed by atoms with Crippen molar-refractivity contribution >= 4 is 17.5 Å². The van der Waals surface area contributed by atoms with E-state index in [1.165, 1.54) is 0 Å². The van der Waals surface area contributed by atoms with Gasteiger partial charge in [-0.2, -0.15) is 0 Å². The minimum atomic E-state index is -0.242. The first-order chi connectivity index (χ1) is 13.1. The van der Waals surface area contributed by atoms with Crippen molar-refractivity contribution in [3.05, 3.63) is 59.4 Å². The molecule has 1 aromatic carbocycles. The maximum Gasteiger partial charge on any atom is 0.255 e. The van der Waals surface area contributed by atoms with Gasteiger partial charge in [-0.1, -0.05) is 12.1 Å². The van der Waals surface area contributed by atoms with Crippen LogP contribution >= 0.6 is 0 Å². The number of hydrogen-bond acceptors (Lipinski definition) is 4. The average molecular weight is 366 g/mol. The minimum absolute atomic E-state index is 0.0216. The number of carbonyl (C=O) groups excluding carboxylic acids is 2. The highest BCUT2D eigenvalue weighted by Gasteiger charge is 2.25. The van der Waals surface area contributed by atoms with Crippen molar-refractivity contribution in [1.29, 1.82) is 0 Å². The van der Waals surface area contributed by atoms with Gasteiger partial charge in [0.05, 0.1) is 11.3 Å². The molecule has 0 bridgehead atoms. The molecule has 0 saturated carbocycles. The van der Waals surface area contributed by atoms with Crippen LogP contribution in [0.1, 0.15) is 39.1 Å². The maximum absolute atomic E-state index is 13.1. The van der Waals surface area contributed by atoms with Gasteiger partial charge in [0.15, 0.2) is 0 Å². The van der Waals surface area contributed by atoms with Crippen molar-refractivity contribution in [3.8, 4) is 0 Å². The number of pyridine rings is 1. The average Bonchev–Trinajstić information content (AvgIpc) is 2.70. The lowest BCUT2D eigenvalue weighted by Crippen LogP contribution is -2.40. The summed E-state index contributed by atoms with van der Waals surface area (Å²) in [5, 5.41) is 6.13. The molecule has 3 rings (SSSR count). The highest BCUT2D eigenvalue weighted by atomic mass is 16.2. The first-order valence-corrected chi connectivity index (χ1v) is 9.35. The Morgan fingerprint density at radius 2 is 1.85 bits per heavy atom. The van der Waals surface area contributed by atoms with Gasteiger partial charge in [0.1, 0.15) is 0 Å². The molecule has 1 aliphatic rings. The Bertz CT molecular complexity index is 799. The number of amides is 2. The van der Waals surface area contributed by atoms with Crippen LogP contribution in [-0.2, 0) is 0 Å². The molecular formula is C21H26N4O2. The molecule has 2 N–H and O–H groups in total. The lowest BCUT2D eigenvalue weighted by atomic mass is 9.96. The number of likely N-dealkylation sites (tertiary alicyclic amines) is 1. The van der Waals surface area contributed by atoms with Gasteiger partial charge in [0.2, 0.25) is 0 Å². The molecule has 6 heteroatoms. The maximum atomic E-state index is 13.1. The lowest BCUT2D eigenvalue weighted by molar-refractivity contribution is 0.0692. The predicted octanol–water partition coefficient (Wildman–Crippen LogP) is 2.71. The number of aryl methyl sites for hydroxylation is 1. The molecule has 1 aliphatic heterocycles. The summed E-state index contributed by atoms with van der Waals surface area (Å²) >= 11 is 0. The third-order valence-electron chi connectivity index (χ3n) is 5.08. The molecule has 1 fully saturated rings. The van der Waals surface area contributed by atoms with Crippen LogP contribution in [0.5, 0.6) is 0 Å². The Labute approximate surface area is 160 Å². The number of nitrogens with zero attached hydrogens (tertiary/aromatic N) is 2. The number of rotatable bonds is 5. The Kier molecular flexibility index (Phi) is 6.19. The van der Waals surface area contributed by atoms with Gasteiger partial charge in [0.25, 0.3) is 11.8 Å². The molecule has 0 atom stereocenters. The van der Waals surface area contributed by atoms with Gasteiger partial charge in [-0.25, -0.2) is 0 Å². The summed E-state index contributed by atoms with van der Waals surface area (Å²) in [5.41, 5.74) is 2.51. The molecule has 142 valence electrons. The van der Waals surface area contributed by atoms with Gasteiger partial charge in [-0.15, -0.1) is 0 Å². The molecule has 2 aromatic rings. The van der Waals surface area contributed by atoms with E-state index in [0.29, 0.717) is 22.7 Å². The van der Waals surface area contributed by atoms with Crippen LogP contribution in [0.3, 0.4) is 0 Å². The van der Waals surface area contributed by atoms with Crippen molar-refractivity contribution < 1.29 is 9.59 Å². The summed E-state index contributed by atoms with van der Waals surface area (Å²) < 4.78 is 0. The molecule has 1 aromatic heterocycles. The van der Waals surface area contributed by atoms with Crippen molar-refractivity contribution in [2.24, 2.45) is 5.92 Å². The van der Waals surface area contributed by atoms with Crippen LogP contribution in [0.15, 0.2) is 42.7 Å². The normalized spacial score (nSPS) is 14.8. The summed E-state index contributed by atoms with van der Waals surface area (Å²) in [6, 6.07) is 8.86. The zero-order valence-electron chi connectivity index (χ0n) is 15.9. The lowest BCUT2D eigenvalue weighted by Gasteiger charge is -2.32. The highest BCUT2D eigenvalue weighted by Crippen LogP contribution is 2.25. The summed E-state index contributed by atoms with van der Waals surface area (Å²) in [4.78, 5) is 31.5. The molecule has 0 radical (unpaired) electrons. The molecule has 6 nitrogen and oxygen atoms in total. The van der Waals surface area contributed by atoms with Crippen LogP contribution in [0, 0.1) is 12.8 Å². The fraction of sp³-hybridized carbons (Fsp3) is 0.381. The molecule has 0 aliphatic carbocycles. The third-order valence-corrected chi connectivity index (χ3v) is 5.08. The molecule has 0 spiro atoms. The minimum Gasteiger partial charge on any atom is -0.339 e. The molecular weight excluding hydrogens is 340 g/mol. The van der Waals surface area contributed by atoms with Crippen LogP contribution in [0.4, 0.5) is 5.69 Å². The second kappa shape index (κ2) is 8.77. The standard InChI is InChI=1S/C21H26N4O2/c1-15-4-3-5-18(19(15)24-20(26)17-6-10-23-11-7-17)21(27)25-12-8-16(9-13-25)14-22-2/h3-7,10-11,16,22H,8-9,12-14H2,1-2H3,(H,24,26). The Morgan fingerprint density at radius 3 is 2.52 bits per heavy atom. The summed E-state index contributed by atoms with van der Waals surface area (Å²) in [5.74, 6) is 0.350. The zero-order chi connectivity index (χ0) is 19.2. The summed E-state index contributed by atoms with van der Waals surface area (Å²) in [6.45, 7) is 4.38. The monoisotopic (exact) mass is 366 g/mol. The van der Waals surface area contributed by atoms with Crippen molar-refractivity contribution in [2.75, 3.05) is 32.0 Å². The van der Waals surface area contributed by atoms with E-state index in [2.05, 4.69) is 15.6 Å². The molecule has 1 saturated heterocycles. The summed E-state index contributed by atoms with van der Waals surface area (Å²) in [6.07, 6.45) is 5.15. The van der Waals surface area contributed by atoms with Crippen molar-refractivity contribution in [2.45, 2.75) is 19.8 Å². The zero-order valence-corrected chi connectivity index (χ0v) is 15.9. The predicted molar refractivity (Wildman–Crippen MR) is 106 cm³/mol. The second-order valence-electron chi connectivity index (χ2n) is 6.98. The van der Waals surface area contributed by atoms with E-state index in [0.717, 1.165) is 38.0 Å². The number of hydrogen-bond donors (Lipinski definition) is 2. The number of aromatic nitrogens is 1. The quantitative estimate of drug-likeness (QED) is 0.853. The number of nitrogens with one attached hydrogen (secondary N) is 2. The number of carbonyl (C=O) groups is 2. The van der Waals surface area contributed by atoms with Gasteiger partial charge in [-0.05, 0) is 63.0 Å². The van der Waals surface area contributed by atoms with E-state index >= 15 is 0 Å². The van der Waals surface area contributed by atoms with Crippen LogP contribution < -0.4 is 10.6 Å². The van der Waals surface area contributed by atoms with E-state index in [9.17, 15) is 9.59 Å². The van der Waals surface area contributed by atoms with Gasteiger partial charge in [0, 0.05) is 31.0 Å². The van der Waals surface area contributed by atoms with E-state index < -0.39 is 0 Å². The first kappa shape index (κ1) is 19.0. The molecule has 0 unspecified atom stereocenters. The molecule has 27 heavy (non-hydrogen) atoms. The molecule has 2 heterocycles. The topological polar surface area (TPSA) is 74.3 Å². The van der Waals surface area contributed by atoms with Crippen LogP contribution in [0.25, 0.3) is 0 Å². The van der Waals surface area contributed by atoms with E-state index in [1.54, 1.807) is 30.6 Å². The van der Waals surface area contributed by atoms with Crippen molar-refractivity contribution in [3.63, 3.8) is 0 Å². The first-order valence-electron chi connectivity index (χ1n) is 9.35. The van der Waals surface area contributed by atoms with Gasteiger partial charge >= 0.3 is 0 Å². The fourth-order valence-electron chi connectivity index (χ4n) is 3.50. The van der Waals surface area contributed by atoms with E-state index in [1.807, 2.05) is 31.0 Å². The van der Waals surface area contributed by atoms with Gasteiger partial charge in [-0.3, -0.25) is 14.6 Å². The number of para-hydroxylation sites is 1. The Hall–Kier alpha value is -2.73. The molecule has 2 amide bonds. The number of anilines is 1. The SMILES string of the molecule is CNCC1CCN(C(=O)c2cccc(C)c2NC(=O)c2ccncc2)CC1. The Morgan fingerprint density at radius 1 is 1.15 bits per heavy atom. The highest BCUT2D eigenvalue weighted by molar-refractivity contribution is 6.09. The Balaban J connectivity index is 1.77. The van der Waals surface area contributed by atoms with E-state index in [4.69, 9.17) is 0 Å². The third kappa shape index (κ3) is 4.52. The number of benzene rings is 1. The second-order valence-corrected chi connectivity index (χ2v) is 6.98. The van der Waals surface area contributed by atoms with Crippen LogP contribution in [0.2, 0.25) is 0 Å².